The van der Waals surface area contributed by atoms with E-state index >= 15 is 0 Å². The Morgan fingerprint density at radius 1 is 1.15 bits per heavy atom. The number of ether oxygens (including phenoxy) is 1. The summed E-state index contributed by atoms with van der Waals surface area (Å²) in [6.07, 6.45) is 3.63. The number of carbonyl (C=O) groups excluding carboxylic acids is 1. The molecule has 0 radical (unpaired) electrons. The summed E-state index contributed by atoms with van der Waals surface area (Å²) in [7, 11) is 0. The second-order valence-electron chi connectivity index (χ2n) is 6.38. The van der Waals surface area contributed by atoms with Gasteiger partial charge in [0.25, 0.3) is 0 Å². The van der Waals surface area contributed by atoms with E-state index in [2.05, 4.69) is 28.7 Å². The van der Waals surface area contributed by atoms with E-state index < -0.39 is 0 Å². The first-order chi connectivity index (χ1) is 13.1. The van der Waals surface area contributed by atoms with Gasteiger partial charge >= 0.3 is 6.03 Å². The smallest absolute Gasteiger partial charge is 0.319 e. The molecule has 2 N–H and O–H groups in total. The van der Waals surface area contributed by atoms with Crippen LogP contribution in [0, 0.1) is 13.8 Å². The number of hydrogen-bond donors (Lipinski definition) is 2. The third-order valence-electron chi connectivity index (χ3n) is 4.18. The fourth-order valence-electron chi connectivity index (χ4n) is 2.75. The van der Waals surface area contributed by atoms with Crippen LogP contribution >= 0.6 is 0 Å². The largest absolute Gasteiger partial charge is 0.492 e. The monoisotopic (exact) mass is 364 g/mol. The quantitative estimate of drug-likeness (QED) is 0.668. The zero-order chi connectivity index (χ0) is 19.1. The fourth-order valence-corrected chi connectivity index (χ4v) is 2.75. The van der Waals surface area contributed by atoms with E-state index in [1.165, 1.54) is 11.1 Å². The molecule has 0 aliphatic heterocycles. The molecule has 27 heavy (non-hydrogen) atoms. The molecule has 0 fully saturated rings. The highest BCUT2D eigenvalue weighted by molar-refractivity contribution is 5.89. The summed E-state index contributed by atoms with van der Waals surface area (Å²) < 4.78 is 7.53. The Morgan fingerprint density at radius 2 is 2.04 bits per heavy atom. The number of amides is 2. The molecule has 0 aliphatic carbocycles. The van der Waals surface area contributed by atoms with Crippen LogP contribution in [0.2, 0.25) is 0 Å². The van der Waals surface area contributed by atoms with Crippen LogP contribution in [0.5, 0.6) is 5.75 Å². The third-order valence-corrected chi connectivity index (χ3v) is 4.18. The predicted molar refractivity (Wildman–Crippen MR) is 106 cm³/mol. The van der Waals surface area contributed by atoms with Crippen molar-refractivity contribution < 1.29 is 9.53 Å². The van der Waals surface area contributed by atoms with Gasteiger partial charge in [-0.05, 0) is 43.2 Å². The van der Waals surface area contributed by atoms with Crippen LogP contribution in [0.15, 0.2) is 60.9 Å². The van der Waals surface area contributed by atoms with E-state index in [-0.39, 0.29) is 6.03 Å². The van der Waals surface area contributed by atoms with Crippen LogP contribution in [-0.2, 0) is 13.1 Å². The topological polar surface area (TPSA) is 68.2 Å². The number of aromatic nitrogens is 2. The van der Waals surface area contributed by atoms with Crippen molar-refractivity contribution in [2.45, 2.75) is 26.9 Å². The molecule has 0 spiro atoms. The molecular weight excluding hydrogens is 340 g/mol. The lowest BCUT2D eigenvalue weighted by Gasteiger charge is -2.11. The first-order valence-corrected chi connectivity index (χ1v) is 8.91. The molecule has 0 saturated carbocycles. The van der Waals surface area contributed by atoms with Crippen LogP contribution in [0.4, 0.5) is 10.5 Å². The van der Waals surface area contributed by atoms with Gasteiger partial charge in [-0.15, -0.1) is 0 Å². The summed E-state index contributed by atoms with van der Waals surface area (Å²) in [6.45, 7) is 5.76. The van der Waals surface area contributed by atoms with Gasteiger partial charge in [0.1, 0.15) is 12.4 Å². The van der Waals surface area contributed by atoms with Crippen LogP contribution in [0.3, 0.4) is 0 Å². The number of hydrogen-bond acceptors (Lipinski definition) is 3. The van der Waals surface area contributed by atoms with Crippen molar-refractivity contribution in [3.63, 3.8) is 0 Å². The molecular formula is C21H24N4O2. The highest BCUT2D eigenvalue weighted by Gasteiger charge is 2.05. The Morgan fingerprint density at radius 3 is 2.81 bits per heavy atom. The highest BCUT2D eigenvalue weighted by atomic mass is 16.5. The number of nitrogens with one attached hydrogen (secondary N) is 2. The standard InChI is InChI=1S/C21H24N4O2/c1-16-7-8-18(17(2)13-16)15-22-21(26)24-19-5-3-6-20(14-19)27-12-11-25-10-4-9-23-25/h3-10,13-14H,11-12,15H2,1-2H3,(H2,22,24,26). The molecule has 2 amide bonds. The maximum absolute atomic E-state index is 12.2. The minimum Gasteiger partial charge on any atom is -0.492 e. The zero-order valence-electron chi connectivity index (χ0n) is 15.6. The maximum atomic E-state index is 12.2. The average molecular weight is 364 g/mol. The lowest BCUT2D eigenvalue weighted by atomic mass is 10.1. The van der Waals surface area contributed by atoms with Crippen molar-refractivity contribution in [1.29, 1.82) is 0 Å². The molecule has 1 aromatic heterocycles. The number of rotatable bonds is 7. The van der Waals surface area contributed by atoms with Crippen molar-refractivity contribution in [3.8, 4) is 5.75 Å². The molecule has 0 unspecified atom stereocenters. The Kier molecular flexibility index (Phi) is 6.10. The highest BCUT2D eigenvalue weighted by Crippen LogP contribution is 2.17. The molecule has 6 nitrogen and oxygen atoms in total. The summed E-state index contributed by atoms with van der Waals surface area (Å²) in [6, 6.07) is 15.2. The fraction of sp³-hybridized carbons (Fsp3) is 0.238. The molecule has 0 bridgehead atoms. The number of benzene rings is 2. The minimum absolute atomic E-state index is 0.247. The first kappa shape index (κ1) is 18.5. The van der Waals surface area contributed by atoms with E-state index in [9.17, 15) is 4.79 Å². The van der Waals surface area contributed by atoms with E-state index in [0.29, 0.717) is 31.1 Å². The van der Waals surface area contributed by atoms with Crippen LogP contribution in [0.25, 0.3) is 0 Å². The lowest BCUT2D eigenvalue weighted by molar-refractivity contribution is 0.251. The first-order valence-electron chi connectivity index (χ1n) is 8.91. The molecule has 0 atom stereocenters. The van der Waals surface area contributed by atoms with Gasteiger partial charge in [0.2, 0.25) is 0 Å². The summed E-state index contributed by atoms with van der Waals surface area (Å²) >= 11 is 0. The molecule has 2 aromatic carbocycles. The van der Waals surface area contributed by atoms with Gasteiger partial charge in [0.05, 0.1) is 6.54 Å². The van der Waals surface area contributed by atoms with E-state index in [4.69, 9.17) is 4.74 Å². The third kappa shape index (κ3) is 5.60. The molecule has 3 aromatic rings. The van der Waals surface area contributed by atoms with Crippen molar-refractivity contribution in [1.82, 2.24) is 15.1 Å². The van der Waals surface area contributed by atoms with Gasteiger partial charge in [0.15, 0.2) is 0 Å². The summed E-state index contributed by atoms with van der Waals surface area (Å²) in [5, 5.41) is 9.86. The van der Waals surface area contributed by atoms with Gasteiger partial charge in [-0.2, -0.15) is 5.10 Å². The normalized spacial score (nSPS) is 10.4. The van der Waals surface area contributed by atoms with Gasteiger partial charge in [-0.1, -0.05) is 29.8 Å². The number of aryl methyl sites for hydroxylation is 2. The second-order valence-corrected chi connectivity index (χ2v) is 6.38. The number of anilines is 1. The van der Waals surface area contributed by atoms with Gasteiger partial charge in [-0.25, -0.2) is 4.79 Å². The van der Waals surface area contributed by atoms with Crippen molar-refractivity contribution >= 4 is 11.7 Å². The van der Waals surface area contributed by atoms with Crippen molar-refractivity contribution in [3.05, 3.63) is 77.6 Å². The second kappa shape index (κ2) is 8.89. The van der Waals surface area contributed by atoms with E-state index in [0.717, 1.165) is 5.56 Å². The SMILES string of the molecule is Cc1ccc(CNC(=O)Nc2cccc(OCCn3cccn3)c2)c(C)c1. The number of carbonyl (C=O) groups is 1. The number of urea groups is 1. The lowest BCUT2D eigenvalue weighted by Crippen LogP contribution is -2.28. The van der Waals surface area contributed by atoms with E-state index in [1.807, 2.05) is 54.2 Å². The predicted octanol–water partition coefficient (Wildman–Crippen LogP) is 3.90. The summed E-state index contributed by atoms with van der Waals surface area (Å²) in [4.78, 5) is 12.2. The summed E-state index contributed by atoms with van der Waals surface area (Å²) in [5.41, 5.74) is 4.17. The molecule has 0 saturated heterocycles. The Balaban J connectivity index is 1.48. The molecule has 140 valence electrons. The van der Waals surface area contributed by atoms with Gasteiger partial charge < -0.3 is 15.4 Å². The molecule has 3 rings (SSSR count). The van der Waals surface area contributed by atoms with Crippen LogP contribution in [0.1, 0.15) is 16.7 Å². The molecule has 0 aliphatic rings. The summed E-state index contributed by atoms with van der Waals surface area (Å²) in [5.74, 6) is 0.703. The van der Waals surface area contributed by atoms with Crippen molar-refractivity contribution in [2.75, 3.05) is 11.9 Å². The number of nitrogens with zero attached hydrogens (tertiary/aromatic N) is 2. The van der Waals surface area contributed by atoms with Crippen LogP contribution in [-0.4, -0.2) is 22.4 Å². The maximum Gasteiger partial charge on any atom is 0.319 e. The Labute approximate surface area is 159 Å². The molecule has 1 heterocycles. The van der Waals surface area contributed by atoms with E-state index in [1.54, 1.807) is 12.3 Å². The van der Waals surface area contributed by atoms with Crippen LogP contribution < -0.4 is 15.4 Å². The van der Waals surface area contributed by atoms with Crippen molar-refractivity contribution in [2.24, 2.45) is 0 Å². The average Bonchev–Trinajstić information content (AvgIpc) is 3.15. The Hall–Kier alpha value is -3.28. The molecule has 6 heteroatoms. The Bertz CT molecular complexity index is 891. The van der Waals surface area contributed by atoms with Gasteiger partial charge in [0, 0.05) is 30.7 Å². The minimum atomic E-state index is -0.247. The van der Waals surface area contributed by atoms with Gasteiger partial charge in [-0.3, -0.25) is 4.68 Å². The zero-order valence-corrected chi connectivity index (χ0v) is 15.6.